The van der Waals surface area contributed by atoms with Crippen molar-refractivity contribution in [1.82, 2.24) is 0 Å². The second-order valence-electron chi connectivity index (χ2n) is 43.3. The normalized spacial score (nSPS) is 11.6. The number of hydrogen-bond acceptors (Lipinski definition) is 9. The second-order valence-corrected chi connectivity index (χ2v) is 43.3. The number of nitrogens with two attached hydrogens (primary N) is 1. The minimum atomic E-state index is 0.318. The molecule has 0 aromatic heterocycles. The maximum Gasteiger partial charge on any atom is 0.203 e. The highest BCUT2D eigenvalue weighted by molar-refractivity contribution is 5.55. The average molecular weight is 1930 g/mol. The van der Waals surface area contributed by atoms with Crippen LogP contribution in [0.2, 0.25) is 0 Å². The fourth-order valence-electron chi connectivity index (χ4n) is 20.4. The van der Waals surface area contributed by atoms with E-state index in [1.807, 2.05) is 6.07 Å². The van der Waals surface area contributed by atoms with Crippen LogP contribution in [0.25, 0.3) is 0 Å². The van der Waals surface area contributed by atoms with Crippen molar-refractivity contribution in [3.05, 3.63) is 59.2 Å². The molecule has 0 unspecified atom stereocenters. The summed E-state index contributed by atoms with van der Waals surface area (Å²) in [4.78, 5) is 0. The molecule has 9 heteroatoms. The molecule has 0 atom stereocenters. The number of benzene rings is 3. The second kappa shape index (κ2) is 104. The Morgan fingerprint density at radius 2 is 0.268 bits per heavy atom. The van der Waals surface area contributed by atoms with Crippen LogP contribution in [0.15, 0.2) is 42.5 Å². The molecule has 0 spiro atoms. The van der Waals surface area contributed by atoms with Crippen molar-refractivity contribution in [3.8, 4) is 46.0 Å². The molecule has 0 saturated heterocycles. The molecule has 3 aromatic rings. The third kappa shape index (κ3) is 82.2. The van der Waals surface area contributed by atoms with Crippen LogP contribution in [0.4, 0.5) is 0 Å². The van der Waals surface area contributed by atoms with Gasteiger partial charge in [0.05, 0.1) is 39.6 Å². The van der Waals surface area contributed by atoms with Gasteiger partial charge in [-0.25, -0.2) is 0 Å². The highest BCUT2D eigenvalue weighted by atomic mass is 16.6. The fourth-order valence-corrected chi connectivity index (χ4v) is 20.4. The minimum absolute atomic E-state index is 0.318. The van der Waals surface area contributed by atoms with Crippen molar-refractivity contribution < 1.29 is 37.9 Å². The van der Waals surface area contributed by atoms with Crippen LogP contribution >= 0.6 is 0 Å². The van der Waals surface area contributed by atoms with Gasteiger partial charge in [0.25, 0.3) is 0 Å². The molecule has 138 heavy (non-hydrogen) atoms. The van der Waals surface area contributed by atoms with Crippen molar-refractivity contribution in [2.24, 2.45) is 5.73 Å². The van der Waals surface area contributed by atoms with E-state index in [0.29, 0.717) is 70.9 Å². The summed E-state index contributed by atoms with van der Waals surface area (Å²) in [6.45, 7) is 18.8. The Morgan fingerprint density at radius 3 is 0.406 bits per heavy atom. The number of rotatable bonds is 115. The molecule has 0 aliphatic carbocycles. The molecule has 806 valence electrons. The van der Waals surface area contributed by atoms with Crippen LogP contribution in [-0.4, -0.2) is 39.6 Å². The van der Waals surface area contributed by atoms with E-state index in [4.69, 9.17) is 43.6 Å². The summed E-state index contributed by atoms with van der Waals surface area (Å²) < 4.78 is 55.5. The van der Waals surface area contributed by atoms with E-state index in [2.05, 4.69) is 77.9 Å². The Labute approximate surface area is 860 Å². The van der Waals surface area contributed by atoms with Gasteiger partial charge in [0.2, 0.25) is 11.5 Å². The van der Waals surface area contributed by atoms with Crippen molar-refractivity contribution in [3.63, 3.8) is 0 Å². The highest BCUT2D eigenvalue weighted by Crippen LogP contribution is 2.43. The molecule has 0 aliphatic heterocycles. The standard InChI is InChI=1S/C129H237NO8/c1-7-13-19-25-31-37-43-49-55-61-67-73-79-85-91-97-103-131-124-111-120(112-125(132-104-98-92-86-80-74-68-62-56-50-44-38-32-26-20-14-8-2)128(124)135-107-101-95-89-83-77-71-65-59-53-47-41-35-29-23-17-11-5)117-137-122-109-119(116-130)110-123(115-122)138-118-121-113-126(133-105-99-93-87-81-75-69-63-57-51-45-39-33-27-21-15-9-3)129(136-108-102-96-90-84-78-72-66-60-54-48-42-36-30-24-18-12-6)127(114-121)134-106-100-94-88-82-76-70-64-58-52-46-40-34-28-22-16-10-4/h109-115H,7-108,116-118,130H2,1-6H3. The van der Waals surface area contributed by atoms with Crippen LogP contribution in [0.1, 0.15) is 675 Å². The van der Waals surface area contributed by atoms with E-state index in [1.165, 1.54) is 578 Å². The number of hydrogen-bond donors (Lipinski definition) is 1. The van der Waals surface area contributed by atoms with Gasteiger partial charge in [0.1, 0.15) is 24.7 Å². The van der Waals surface area contributed by atoms with Gasteiger partial charge < -0.3 is 43.6 Å². The summed E-state index contributed by atoms with van der Waals surface area (Å²) >= 11 is 0. The molecule has 0 heterocycles. The highest BCUT2D eigenvalue weighted by Gasteiger charge is 2.21. The van der Waals surface area contributed by atoms with Crippen LogP contribution in [0.3, 0.4) is 0 Å². The van der Waals surface area contributed by atoms with Crippen molar-refractivity contribution in [2.45, 2.75) is 678 Å². The molecule has 3 aromatic carbocycles. The monoisotopic (exact) mass is 1930 g/mol. The van der Waals surface area contributed by atoms with Crippen molar-refractivity contribution >= 4 is 0 Å². The first-order chi connectivity index (χ1) is 68.5. The van der Waals surface area contributed by atoms with E-state index in [9.17, 15) is 0 Å². The smallest absolute Gasteiger partial charge is 0.203 e. The van der Waals surface area contributed by atoms with E-state index in [1.54, 1.807) is 0 Å². The van der Waals surface area contributed by atoms with E-state index >= 15 is 0 Å². The topological polar surface area (TPSA) is 99.9 Å². The first kappa shape index (κ1) is 128. The molecule has 0 fully saturated rings. The lowest BCUT2D eigenvalue weighted by Crippen LogP contribution is -2.08. The molecule has 3 rings (SSSR count). The van der Waals surface area contributed by atoms with Gasteiger partial charge in [0, 0.05) is 12.6 Å². The molecule has 9 nitrogen and oxygen atoms in total. The summed E-state index contributed by atoms with van der Waals surface area (Å²) in [7, 11) is 0. The third-order valence-electron chi connectivity index (χ3n) is 29.7. The molecule has 0 aliphatic rings. The summed E-state index contributed by atoms with van der Waals surface area (Å²) in [6.07, 6.45) is 129. The van der Waals surface area contributed by atoms with Gasteiger partial charge in [-0.1, -0.05) is 619 Å². The van der Waals surface area contributed by atoms with Crippen LogP contribution in [-0.2, 0) is 19.8 Å². The third-order valence-corrected chi connectivity index (χ3v) is 29.7. The quantitative estimate of drug-likeness (QED) is 0.0554. The van der Waals surface area contributed by atoms with Crippen LogP contribution < -0.4 is 43.6 Å². The zero-order valence-electron chi connectivity index (χ0n) is 93.6. The lowest BCUT2D eigenvalue weighted by atomic mass is 10.0. The van der Waals surface area contributed by atoms with Gasteiger partial charge in [-0.05, 0) is 91.6 Å². The summed E-state index contributed by atoms with van der Waals surface area (Å²) in [6, 6.07) is 14.9. The van der Waals surface area contributed by atoms with Gasteiger partial charge in [-0.2, -0.15) is 0 Å². The zero-order valence-corrected chi connectivity index (χ0v) is 93.6. The molecular weight excluding hydrogens is 1690 g/mol. The fraction of sp³-hybridized carbons (Fsp3) is 0.860. The predicted octanol–water partition coefficient (Wildman–Crippen LogP) is 44.1. The maximum absolute atomic E-state index is 6.95. The SMILES string of the molecule is CCCCCCCCCCCCCCCCCCOc1cc(COc2cc(CN)cc(OCc3cc(OCCCCCCCCCCCCCCCCCC)c(OCCCCCCCCCCCCCCCCCC)c(OCCCCCCCCCCCCCCCCCC)c3)c2)cc(OCCCCCCCCCCCCCCCCCC)c1OCCCCCCCCCCCCCCCCCC. The summed E-state index contributed by atoms with van der Waals surface area (Å²) in [5.74, 6) is 6.03. The Balaban J connectivity index is 1.90. The largest absolute Gasteiger partial charge is 0.490 e. The molecule has 0 amide bonds. The lowest BCUT2D eigenvalue weighted by Gasteiger charge is -2.20. The van der Waals surface area contributed by atoms with E-state index in [-0.39, 0.29) is 0 Å². The van der Waals surface area contributed by atoms with Crippen LogP contribution in [0, 0.1) is 0 Å². The summed E-state index contributed by atoms with van der Waals surface area (Å²) in [5, 5.41) is 0. The van der Waals surface area contributed by atoms with Gasteiger partial charge in [-0.3, -0.25) is 0 Å². The van der Waals surface area contributed by atoms with Crippen molar-refractivity contribution in [1.29, 1.82) is 0 Å². The van der Waals surface area contributed by atoms with Crippen LogP contribution in [0.5, 0.6) is 46.0 Å². The van der Waals surface area contributed by atoms with Gasteiger partial charge in [0.15, 0.2) is 23.0 Å². The zero-order chi connectivity index (χ0) is 98.2. The minimum Gasteiger partial charge on any atom is -0.490 e. The molecule has 0 saturated carbocycles. The van der Waals surface area contributed by atoms with Gasteiger partial charge in [-0.15, -0.1) is 0 Å². The Hall–Kier alpha value is -3.98. The first-order valence-electron chi connectivity index (χ1n) is 62.7. The Kier molecular flexibility index (Phi) is 97.0. The predicted molar refractivity (Wildman–Crippen MR) is 606 cm³/mol. The van der Waals surface area contributed by atoms with Crippen molar-refractivity contribution in [2.75, 3.05) is 39.6 Å². The number of ether oxygens (including phenoxy) is 8. The van der Waals surface area contributed by atoms with Gasteiger partial charge >= 0.3 is 0 Å². The molecule has 2 N–H and O–H groups in total. The Bertz CT molecular complexity index is 2620. The molecule has 0 radical (unpaired) electrons. The lowest BCUT2D eigenvalue weighted by molar-refractivity contribution is 0.231. The number of unbranched alkanes of at least 4 members (excludes halogenated alkanes) is 90. The maximum atomic E-state index is 6.95. The molecular formula is C129H237NO8. The van der Waals surface area contributed by atoms with E-state index < -0.39 is 0 Å². The average Bonchev–Trinajstić information content (AvgIpc) is 0.823. The molecule has 0 bridgehead atoms. The Morgan fingerprint density at radius 1 is 0.138 bits per heavy atom. The van der Waals surface area contributed by atoms with E-state index in [0.717, 1.165) is 89.7 Å². The summed E-state index contributed by atoms with van der Waals surface area (Å²) in [5.41, 5.74) is 9.53. The first-order valence-corrected chi connectivity index (χ1v) is 62.7.